The molecule has 1 aliphatic heterocycles. The Kier molecular flexibility index (Phi) is 4.50. The van der Waals surface area contributed by atoms with Crippen LogP contribution >= 0.6 is 0 Å². The molecule has 22 heavy (non-hydrogen) atoms. The third-order valence-electron chi connectivity index (χ3n) is 3.28. The maximum atomic E-state index is 12.4. The van der Waals surface area contributed by atoms with Gasteiger partial charge in [-0.2, -0.15) is 5.10 Å². The smallest absolute Gasteiger partial charge is 0.330 e. The second-order valence-corrected chi connectivity index (χ2v) is 4.70. The zero-order valence-corrected chi connectivity index (χ0v) is 12.2. The standard InChI is InChI=1S/C14H15N3O5/c1-3-22-14(19)12-8-10(15-16(12)2)13(18)9-6-4-5-7-11(9)17(20)21/h4-7,12H,3,8H2,1-2H3. The van der Waals surface area contributed by atoms with Crippen LogP contribution in [-0.4, -0.2) is 47.1 Å². The van der Waals surface area contributed by atoms with E-state index in [1.54, 1.807) is 20.0 Å². The number of likely N-dealkylation sites (N-methyl/N-ethyl adjacent to an activating group) is 1. The van der Waals surface area contributed by atoms with Crippen LogP contribution in [0.3, 0.4) is 0 Å². The van der Waals surface area contributed by atoms with Crippen LogP contribution in [0.4, 0.5) is 5.69 Å². The first-order valence-corrected chi connectivity index (χ1v) is 6.70. The van der Waals surface area contributed by atoms with Gasteiger partial charge in [-0.05, 0) is 13.0 Å². The summed E-state index contributed by atoms with van der Waals surface area (Å²) in [5.41, 5.74) is -0.212. The molecule has 0 spiro atoms. The van der Waals surface area contributed by atoms with Crippen LogP contribution in [0.5, 0.6) is 0 Å². The Labute approximate surface area is 126 Å². The molecule has 0 saturated carbocycles. The van der Waals surface area contributed by atoms with E-state index in [1.807, 2.05) is 0 Å². The number of hydrogen-bond donors (Lipinski definition) is 0. The summed E-state index contributed by atoms with van der Waals surface area (Å²) in [6.45, 7) is 1.92. The molecule has 2 rings (SSSR count). The van der Waals surface area contributed by atoms with Crippen LogP contribution in [-0.2, 0) is 9.53 Å². The first kappa shape index (κ1) is 15.6. The minimum atomic E-state index is -0.679. The monoisotopic (exact) mass is 305 g/mol. The molecular formula is C14H15N3O5. The summed E-state index contributed by atoms with van der Waals surface area (Å²) in [5, 5.41) is 16.4. The second kappa shape index (κ2) is 6.33. The zero-order valence-electron chi connectivity index (χ0n) is 12.2. The van der Waals surface area contributed by atoms with Gasteiger partial charge in [-0.25, -0.2) is 4.79 Å². The number of benzene rings is 1. The van der Waals surface area contributed by atoms with Crippen molar-refractivity contribution >= 4 is 23.2 Å². The fraction of sp³-hybridized carbons (Fsp3) is 0.357. The number of carbonyl (C=O) groups excluding carboxylic acids is 2. The van der Waals surface area contributed by atoms with Gasteiger partial charge in [0.2, 0.25) is 5.78 Å². The minimum Gasteiger partial charge on any atom is -0.464 e. The number of Topliss-reactive ketones (excluding diaryl/α,β-unsaturated/α-hetero) is 1. The molecule has 0 bridgehead atoms. The van der Waals surface area contributed by atoms with E-state index < -0.39 is 22.7 Å². The fourth-order valence-electron chi connectivity index (χ4n) is 2.21. The number of esters is 1. The van der Waals surface area contributed by atoms with Crippen LogP contribution in [0.15, 0.2) is 29.4 Å². The Morgan fingerprint density at radius 1 is 1.45 bits per heavy atom. The number of ketones is 1. The summed E-state index contributed by atoms with van der Waals surface area (Å²) >= 11 is 0. The lowest BCUT2D eigenvalue weighted by atomic mass is 10.0. The van der Waals surface area contributed by atoms with Crippen molar-refractivity contribution in [2.75, 3.05) is 13.7 Å². The normalized spacial score (nSPS) is 17.1. The van der Waals surface area contributed by atoms with Crippen LogP contribution in [0, 0.1) is 10.1 Å². The van der Waals surface area contributed by atoms with E-state index in [1.165, 1.54) is 23.2 Å². The number of carbonyl (C=O) groups is 2. The van der Waals surface area contributed by atoms with Crippen LogP contribution in [0.1, 0.15) is 23.7 Å². The van der Waals surface area contributed by atoms with Gasteiger partial charge in [0, 0.05) is 19.5 Å². The van der Waals surface area contributed by atoms with E-state index in [2.05, 4.69) is 5.10 Å². The number of para-hydroxylation sites is 1. The first-order chi connectivity index (χ1) is 10.5. The van der Waals surface area contributed by atoms with Gasteiger partial charge in [-0.3, -0.25) is 19.9 Å². The number of nitrogens with zero attached hydrogens (tertiary/aromatic N) is 3. The molecule has 116 valence electrons. The molecule has 0 aliphatic carbocycles. The Bertz CT molecular complexity index is 656. The van der Waals surface area contributed by atoms with Crippen molar-refractivity contribution in [3.63, 3.8) is 0 Å². The van der Waals surface area contributed by atoms with Gasteiger partial charge in [-0.1, -0.05) is 12.1 Å². The summed E-state index contributed by atoms with van der Waals surface area (Å²) in [4.78, 5) is 34.6. The lowest BCUT2D eigenvalue weighted by Crippen LogP contribution is -2.33. The van der Waals surface area contributed by atoms with E-state index >= 15 is 0 Å². The SMILES string of the molecule is CCOC(=O)C1CC(C(=O)c2ccccc2[N+](=O)[O-])=NN1C. The molecule has 0 fully saturated rings. The highest BCUT2D eigenvalue weighted by atomic mass is 16.6. The molecule has 0 N–H and O–H groups in total. The molecule has 0 aromatic heterocycles. The summed E-state index contributed by atoms with van der Waals surface area (Å²) < 4.78 is 4.92. The Hall–Kier alpha value is -2.77. The van der Waals surface area contributed by atoms with Crippen molar-refractivity contribution in [1.82, 2.24) is 5.01 Å². The van der Waals surface area contributed by atoms with Crippen molar-refractivity contribution in [2.45, 2.75) is 19.4 Å². The number of hydrogen-bond acceptors (Lipinski definition) is 7. The third kappa shape index (κ3) is 2.95. The molecule has 1 aromatic carbocycles. The van der Waals surface area contributed by atoms with Crippen molar-refractivity contribution in [3.05, 3.63) is 39.9 Å². The van der Waals surface area contributed by atoms with Crippen LogP contribution in [0.25, 0.3) is 0 Å². The maximum Gasteiger partial charge on any atom is 0.330 e. The van der Waals surface area contributed by atoms with E-state index in [0.29, 0.717) is 0 Å². The van der Waals surface area contributed by atoms with Crippen molar-refractivity contribution in [2.24, 2.45) is 5.10 Å². The number of ether oxygens (including phenoxy) is 1. The number of nitro groups is 1. The lowest BCUT2D eigenvalue weighted by molar-refractivity contribution is -0.385. The molecule has 0 amide bonds. The zero-order chi connectivity index (χ0) is 16.3. The minimum absolute atomic E-state index is 0.0378. The van der Waals surface area contributed by atoms with Gasteiger partial charge in [0.05, 0.1) is 11.5 Å². The van der Waals surface area contributed by atoms with E-state index in [4.69, 9.17) is 4.74 Å². The third-order valence-corrected chi connectivity index (χ3v) is 3.28. The summed E-state index contributed by atoms with van der Waals surface area (Å²) in [5.74, 6) is -1.02. The van der Waals surface area contributed by atoms with E-state index in [0.717, 1.165) is 0 Å². The molecular weight excluding hydrogens is 290 g/mol. The fourth-order valence-corrected chi connectivity index (χ4v) is 2.21. The number of rotatable bonds is 5. The Balaban J connectivity index is 2.24. The largest absolute Gasteiger partial charge is 0.464 e. The van der Waals surface area contributed by atoms with Gasteiger partial charge >= 0.3 is 5.97 Å². The van der Waals surface area contributed by atoms with Gasteiger partial charge in [0.1, 0.15) is 17.3 Å². The van der Waals surface area contributed by atoms with Crippen LogP contribution in [0.2, 0.25) is 0 Å². The average molecular weight is 305 g/mol. The predicted molar refractivity (Wildman–Crippen MR) is 77.7 cm³/mol. The topological polar surface area (TPSA) is 102 Å². The summed E-state index contributed by atoms with van der Waals surface area (Å²) in [7, 11) is 1.56. The van der Waals surface area contributed by atoms with Gasteiger partial charge in [0.15, 0.2) is 0 Å². The number of nitro benzene ring substituents is 1. The summed E-state index contributed by atoms with van der Waals surface area (Å²) in [6, 6.07) is 4.98. The molecule has 8 heteroatoms. The van der Waals surface area contributed by atoms with E-state index in [9.17, 15) is 19.7 Å². The van der Waals surface area contributed by atoms with Crippen LogP contribution < -0.4 is 0 Å². The maximum absolute atomic E-state index is 12.4. The Morgan fingerprint density at radius 3 is 2.77 bits per heavy atom. The average Bonchev–Trinajstić information content (AvgIpc) is 2.88. The van der Waals surface area contributed by atoms with Gasteiger partial charge in [-0.15, -0.1) is 0 Å². The lowest BCUT2D eigenvalue weighted by Gasteiger charge is -2.16. The molecule has 1 aromatic rings. The molecule has 1 unspecified atom stereocenters. The quantitative estimate of drug-likeness (QED) is 0.352. The molecule has 1 atom stereocenters. The number of hydrazone groups is 1. The van der Waals surface area contributed by atoms with Crippen molar-refractivity contribution in [3.8, 4) is 0 Å². The van der Waals surface area contributed by atoms with Gasteiger partial charge < -0.3 is 4.74 Å². The van der Waals surface area contributed by atoms with Gasteiger partial charge in [0.25, 0.3) is 5.69 Å². The highest BCUT2D eigenvalue weighted by Gasteiger charge is 2.36. The molecule has 1 heterocycles. The Morgan fingerprint density at radius 2 is 2.14 bits per heavy atom. The predicted octanol–water partition coefficient (Wildman–Crippen LogP) is 1.40. The highest BCUT2D eigenvalue weighted by Crippen LogP contribution is 2.23. The molecule has 8 nitrogen and oxygen atoms in total. The summed E-state index contributed by atoms with van der Waals surface area (Å²) in [6.07, 6.45) is 0.0697. The van der Waals surface area contributed by atoms with E-state index in [-0.39, 0.29) is 30.0 Å². The molecule has 1 aliphatic rings. The highest BCUT2D eigenvalue weighted by molar-refractivity contribution is 6.47. The second-order valence-electron chi connectivity index (χ2n) is 4.70. The molecule has 0 radical (unpaired) electrons. The van der Waals surface area contributed by atoms with Crippen molar-refractivity contribution < 1.29 is 19.2 Å². The first-order valence-electron chi connectivity index (χ1n) is 6.70. The molecule has 0 saturated heterocycles. The van der Waals surface area contributed by atoms with Crippen molar-refractivity contribution in [1.29, 1.82) is 0 Å².